The van der Waals surface area contributed by atoms with E-state index < -0.39 is 155 Å². The van der Waals surface area contributed by atoms with Crippen molar-refractivity contribution >= 4 is 47.3 Å². The number of rotatable bonds is 18. The zero-order chi connectivity index (χ0) is 57.0. The van der Waals surface area contributed by atoms with Crippen molar-refractivity contribution in [3.63, 3.8) is 0 Å². The van der Waals surface area contributed by atoms with Gasteiger partial charge in [-0.1, -0.05) is 41.5 Å². The Bertz CT molecular complexity index is 2550. The fraction of sp³-hybridized carbons (Fsp3) is 0.692. The van der Waals surface area contributed by atoms with Crippen molar-refractivity contribution in [3.8, 4) is 0 Å². The summed E-state index contributed by atoms with van der Waals surface area (Å²) in [5.41, 5.74) is -1.19. The number of amides is 7. The number of Topliss-reactive ketones (excluding diaryl/α,β-unsaturated/α-hetero) is 1. The lowest BCUT2D eigenvalue weighted by atomic mass is 9.88. The van der Waals surface area contributed by atoms with Gasteiger partial charge in [0, 0.05) is 57.0 Å². The molecule has 0 spiro atoms. The Morgan fingerprint density at radius 1 is 0.610 bits per heavy atom. The van der Waals surface area contributed by atoms with Crippen LogP contribution in [0.1, 0.15) is 131 Å². The molecule has 0 radical (unpaired) electrons. The number of hydrogen-bond donors (Lipinski definition) is 4. The van der Waals surface area contributed by atoms with E-state index in [-0.39, 0.29) is 69.2 Å². The summed E-state index contributed by atoms with van der Waals surface area (Å²) in [6.45, 7) is 15.6. The lowest BCUT2D eigenvalue weighted by Gasteiger charge is -2.35. The van der Waals surface area contributed by atoms with E-state index in [1.54, 1.807) is 62.3 Å². The van der Waals surface area contributed by atoms with Crippen molar-refractivity contribution in [2.45, 2.75) is 187 Å². The van der Waals surface area contributed by atoms with Gasteiger partial charge < -0.3 is 45.3 Å². The Balaban J connectivity index is 1.12. The molecule has 4 N–H and O–H groups in total. The predicted molar refractivity (Wildman–Crippen MR) is 264 cm³/mol. The number of ketones is 1. The summed E-state index contributed by atoms with van der Waals surface area (Å²) in [5, 5.41) is 17.9. The first-order valence-corrected chi connectivity index (χ1v) is 26.4. The van der Waals surface area contributed by atoms with Crippen molar-refractivity contribution in [1.29, 1.82) is 0 Å². The fourth-order valence-electron chi connectivity index (χ4n) is 10.6. The first kappa shape index (κ1) is 59.9. The number of hydrogen-bond acceptors (Lipinski definition) is 11. The number of aromatic nitrogens is 3. The monoisotopic (exact) mass is 1090 g/mol. The molecule has 77 heavy (non-hydrogen) atoms. The van der Waals surface area contributed by atoms with Gasteiger partial charge in [-0.2, -0.15) is 13.2 Å². The van der Waals surface area contributed by atoms with E-state index in [2.05, 4.69) is 31.5 Å². The fourth-order valence-corrected chi connectivity index (χ4v) is 10.6. The molecular weight excluding hydrogens is 1020 g/mol. The van der Waals surface area contributed by atoms with Crippen LogP contribution in [0, 0.1) is 41.1 Å². The van der Waals surface area contributed by atoms with E-state index in [0.717, 1.165) is 4.57 Å². The summed E-state index contributed by atoms with van der Waals surface area (Å²) in [7, 11) is 0. The molecule has 1 aromatic heterocycles. The highest BCUT2D eigenvalue weighted by atomic mass is 19.4. The number of nitrogens with one attached hydrogen (secondary N) is 4. The topological polar surface area (TPSA) is 234 Å². The number of nitrogens with zero attached hydrogens (tertiary/aromatic N) is 6. The zero-order valence-corrected chi connectivity index (χ0v) is 45.0. The molecule has 5 heterocycles. The van der Waals surface area contributed by atoms with Gasteiger partial charge in [-0.05, 0) is 102 Å². The van der Waals surface area contributed by atoms with E-state index in [1.807, 2.05) is 0 Å². The van der Waals surface area contributed by atoms with Crippen LogP contribution in [-0.2, 0) is 63.9 Å². The molecule has 3 fully saturated rings. The zero-order valence-electron chi connectivity index (χ0n) is 45.0. The van der Waals surface area contributed by atoms with Crippen LogP contribution in [0.25, 0.3) is 0 Å². The van der Waals surface area contributed by atoms with Crippen LogP contribution < -0.4 is 21.3 Å². The van der Waals surface area contributed by atoms with Crippen LogP contribution in [0.15, 0.2) is 12.1 Å². The van der Waals surface area contributed by atoms with Gasteiger partial charge in [-0.15, -0.1) is 10.2 Å². The third-order valence-electron chi connectivity index (χ3n) is 14.6. The summed E-state index contributed by atoms with van der Waals surface area (Å²) in [6, 6.07) is -6.82. The minimum absolute atomic E-state index is 0.0390. The molecular formula is C52H72F6N10O9. The lowest BCUT2D eigenvalue weighted by molar-refractivity contribution is -0.148. The second-order valence-corrected chi connectivity index (χ2v) is 22.6. The summed E-state index contributed by atoms with van der Waals surface area (Å²) in [5.74, 6) is -11.7. The molecule has 6 rings (SSSR count). The normalized spacial score (nSPS) is 21.4. The highest BCUT2D eigenvalue weighted by Crippen LogP contribution is 2.33. The van der Waals surface area contributed by atoms with Gasteiger partial charge >= 0.3 is 12.3 Å². The van der Waals surface area contributed by atoms with Crippen LogP contribution >= 0.6 is 0 Å². The third kappa shape index (κ3) is 14.4. The lowest BCUT2D eigenvalue weighted by Crippen LogP contribution is -2.61. The molecule has 4 aliphatic heterocycles. The van der Waals surface area contributed by atoms with E-state index in [9.17, 15) is 60.3 Å². The first-order valence-electron chi connectivity index (χ1n) is 26.4. The van der Waals surface area contributed by atoms with Crippen molar-refractivity contribution < 1.29 is 69.4 Å². The molecule has 0 bridgehead atoms. The predicted octanol–water partition coefficient (Wildman–Crippen LogP) is 4.77. The summed E-state index contributed by atoms with van der Waals surface area (Å²) >= 11 is 0. The van der Waals surface area contributed by atoms with Crippen LogP contribution in [-0.4, -0.2) is 144 Å². The molecule has 0 saturated carbocycles. The molecule has 19 nitrogen and oxygen atoms in total. The minimum Gasteiger partial charge on any atom is -0.444 e. The van der Waals surface area contributed by atoms with Crippen molar-refractivity contribution in [2.75, 3.05) is 19.6 Å². The number of likely N-dealkylation sites (tertiary alicyclic amines) is 3. The largest absolute Gasteiger partial charge is 0.451 e. The molecule has 0 aliphatic carbocycles. The van der Waals surface area contributed by atoms with Gasteiger partial charge in [0.05, 0.1) is 0 Å². The van der Waals surface area contributed by atoms with E-state index in [0.29, 0.717) is 37.8 Å². The third-order valence-corrected chi connectivity index (χ3v) is 14.6. The quantitative estimate of drug-likeness (QED) is 0.117. The molecule has 3 saturated heterocycles. The highest BCUT2D eigenvalue weighted by molar-refractivity contribution is 5.98. The van der Waals surface area contributed by atoms with Gasteiger partial charge in [0.25, 0.3) is 0 Å². The molecule has 8 atom stereocenters. The van der Waals surface area contributed by atoms with Crippen LogP contribution in [0.5, 0.6) is 0 Å². The number of benzene rings is 1. The Hall–Kier alpha value is -6.30. The van der Waals surface area contributed by atoms with E-state index in [4.69, 9.17) is 4.74 Å². The Labute approximate surface area is 443 Å². The number of alkyl halides is 3. The van der Waals surface area contributed by atoms with Crippen molar-refractivity contribution in [3.05, 3.63) is 46.8 Å². The Morgan fingerprint density at radius 3 is 1.49 bits per heavy atom. The SMILES string of the molecule is CC(C)C(NC(=O)OC(C)(C)C)C(=O)N1CCCC1C(=O)NC(C(=O)N1CCCC1C(=O)NC(C(=O)N1CCCC1C(=O)NC(CC(=O)C1CCn2c(nnc2C(F)(F)F)C1)Cc1cc(F)c(F)cc1F)C(C)C)C(C)C. The molecule has 1 aromatic carbocycles. The number of ether oxygens (including phenoxy) is 1. The molecule has 25 heteroatoms. The first-order chi connectivity index (χ1) is 36.0. The number of carbonyl (C=O) groups is 8. The summed E-state index contributed by atoms with van der Waals surface area (Å²) < 4.78 is 90.2. The van der Waals surface area contributed by atoms with E-state index >= 15 is 4.39 Å². The second-order valence-electron chi connectivity index (χ2n) is 22.6. The summed E-state index contributed by atoms with van der Waals surface area (Å²) in [6.07, 6.45) is -4.89. The van der Waals surface area contributed by atoms with Gasteiger partial charge in [-0.3, -0.25) is 33.6 Å². The van der Waals surface area contributed by atoms with Gasteiger partial charge in [0.2, 0.25) is 41.3 Å². The molecule has 426 valence electrons. The summed E-state index contributed by atoms with van der Waals surface area (Å²) in [4.78, 5) is 116. The van der Waals surface area contributed by atoms with Gasteiger partial charge in [0.15, 0.2) is 11.6 Å². The van der Waals surface area contributed by atoms with Crippen molar-refractivity contribution in [1.82, 2.24) is 50.7 Å². The van der Waals surface area contributed by atoms with Crippen LogP contribution in [0.2, 0.25) is 0 Å². The average molecular weight is 1100 g/mol. The van der Waals surface area contributed by atoms with E-state index in [1.165, 1.54) is 14.7 Å². The number of halogens is 6. The van der Waals surface area contributed by atoms with Crippen molar-refractivity contribution in [2.24, 2.45) is 23.7 Å². The maximum absolute atomic E-state index is 15.1. The standard InChI is InChI=1S/C52H72F6N10O9/c1-26(2)40(60-44(71)36-14-11-18-66(36)47(74)41(27(3)4)61-45(72)37-15-12-19-67(37)48(75)42(28(5)6)62-50(76)77-51(7,8)9)46(73)65-17-10-13-35(65)43(70)59-31(21-30-22-33(54)34(55)25-32(30)53)24-38(69)29-16-20-68-39(23-29)63-64-49(68)52(56,57)58/h22,25-29,31,35-37,40-42H,10-21,23-24H2,1-9H3,(H,59,70)(H,60,71)(H,61,72)(H,62,76). The number of alkyl carbamates (subject to hydrolysis) is 1. The number of fused-ring (bicyclic) bond motifs is 1. The Kier molecular flexibility index (Phi) is 19.1. The van der Waals surface area contributed by atoms with Crippen LogP contribution in [0.4, 0.5) is 31.1 Å². The molecule has 7 amide bonds. The average Bonchev–Trinajstić information content (AvgIpc) is 4.19. The smallest absolute Gasteiger partial charge is 0.444 e. The second kappa shape index (κ2) is 24.6. The maximum Gasteiger partial charge on any atom is 0.451 e. The van der Waals surface area contributed by atoms with Crippen LogP contribution in [0.3, 0.4) is 0 Å². The van der Waals surface area contributed by atoms with Gasteiger partial charge in [0.1, 0.15) is 59.3 Å². The number of carbonyl (C=O) groups excluding carboxylic acids is 8. The minimum atomic E-state index is -4.78. The maximum atomic E-state index is 15.1. The Morgan fingerprint density at radius 2 is 1.05 bits per heavy atom. The molecule has 8 unspecified atom stereocenters. The molecule has 4 aliphatic rings. The highest BCUT2D eigenvalue weighted by Gasteiger charge is 2.46. The van der Waals surface area contributed by atoms with Gasteiger partial charge in [-0.25, -0.2) is 18.0 Å². The molecule has 2 aromatic rings.